The second-order valence-electron chi connectivity index (χ2n) is 3.37. The van der Waals surface area contributed by atoms with Crippen LogP contribution in [-0.4, -0.2) is 35.1 Å². The second-order valence-corrected chi connectivity index (χ2v) is 5.05. The Labute approximate surface area is 111 Å². The Bertz CT molecular complexity index is 615. The normalized spacial score (nSPS) is 10.6. The van der Waals surface area contributed by atoms with E-state index in [-0.39, 0.29) is 22.8 Å². The number of carbonyl (C=O) groups excluding carboxylic acids is 1. The molecule has 0 fully saturated rings. The first-order chi connectivity index (χ1) is 8.96. The van der Waals surface area contributed by atoms with Gasteiger partial charge in [-0.2, -0.15) is 8.42 Å². The van der Waals surface area contributed by atoms with Crippen LogP contribution in [0.5, 0.6) is 5.75 Å². The first-order valence-electron chi connectivity index (χ1n) is 5.16. The van der Waals surface area contributed by atoms with Gasteiger partial charge in [-0.1, -0.05) is 5.92 Å². The molecule has 19 heavy (non-hydrogen) atoms. The van der Waals surface area contributed by atoms with E-state index in [1.165, 1.54) is 25.3 Å². The molecule has 0 radical (unpaired) electrons. The van der Waals surface area contributed by atoms with Crippen molar-refractivity contribution >= 4 is 16.0 Å². The Morgan fingerprint density at radius 3 is 2.63 bits per heavy atom. The molecule has 102 valence electrons. The van der Waals surface area contributed by atoms with Crippen molar-refractivity contribution in [3.8, 4) is 18.1 Å². The lowest BCUT2D eigenvalue weighted by molar-refractivity contribution is 0.0958. The van der Waals surface area contributed by atoms with Crippen molar-refractivity contribution in [2.75, 3.05) is 20.8 Å². The lowest BCUT2D eigenvalue weighted by Crippen LogP contribution is -2.23. The minimum absolute atomic E-state index is 0.0233. The van der Waals surface area contributed by atoms with Crippen molar-refractivity contribution < 1.29 is 22.1 Å². The molecule has 1 rings (SSSR count). The summed E-state index contributed by atoms with van der Waals surface area (Å²) in [7, 11) is -1.55. The molecule has 0 aliphatic heterocycles. The van der Waals surface area contributed by atoms with Crippen LogP contribution in [0.1, 0.15) is 10.4 Å². The van der Waals surface area contributed by atoms with Gasteiger partial charge in [-0.25, -0.2) is 0 Å². The molecule has 0 heterocycles. The van der Waals surface area contributed by atoms with Gasteiger partial charge < -0.3 is 10.1 Å². The van der Waals surface area contributed by atoms with Crippen LogP contribution in [0, 0.1) is 12.3 Å². The highest BCUT2D eigenvalue weighted by atomic mass is 32.2. The fourth-order valence-corrected chi connectivity index (χ4v) is 2.14. The largest absolute Gasteiger partial charge is 0.495 e. The van der Waals surface area contributed by atoms with Crippen molar-refractivity contribution in [2.45, 2.75) is 4.90 Å². The van der Waals surface area contributed by atoms with Gasteiger partial charge in [0, 0.05) is 5.56 Å². The number of ether oxygens (including phenoxy) is 1. The summed E-state index contributed by atoms with van der Waals surface area (Å²) in [4.78, 5) is 11.5. The predicted octanol–water partition coefficient (Wildman–Crippen LogP) is 0.393. The Morgan fingerprint density at radius 1 is 1.42 bits per heavy atom. The molecule has 0 bridgehead atoms. The standard InChI is InChI=1S/C12H13NO5S/c1-4-7-13-12(14)9-5-6-11(10(8-9)17-2)19(15,16)18-3/h1,5-6,8H,7H2,2-3H3,(H,13,14). The van der Waals surface area contributed by atoms with Gasteiger partial charge in [0.2, 0.25) is 0 Å². The molecule has 0 saturated heterocycles. The van der Waals surface area contributed by atoms with Gasteiger partial charge >= 0.3 is 0 Å². The summed E-state index contributed by atoms with van der Waals surface area (Å²) in [5.41, 5.74) is 0.238. The topological polar surface area (TPSA) is 81.7 Å². The van der Waals surface area contributed by atoms with E-state index in [4.69, 9.17) is 11.2 Å². The Kier molecular flexibility index (Phi) is 4.92. The van der Waals surface area contributed by atoms with Crippen LogP contribution in [0.25, 0.3) is 0 Å². The fourth-order valence-electron chi connectivity index (χ4n) is 1.34. The zero-order valence-electron chi connectivity index (χ0n) is 10.5. The molecule has 0 unspecified atom stereocenters. The molecular weight excluding hydrogens is 270 g/mol. The van der Waals surface area contributed by atoms with E-state index < -0.39 is 16.0 Å². The summed E-state index contributed by atoms with van der Waals surface area (Å²) in [5.74, 6) is 1.87. The van der Waals surface area contributed by atoms with Crippen molar-refractivity contribution in [3.05, 3.63) is 23.8 Å². The van der Waals surface area contributed by atoms with Gasteiger partial charge in [-0.15, -0.1) is 6.42 Å². The average molecular weight is 283 g/mol. The molecule has 1 N–H and O–H groups in total. The second kappa shape index (κ2) is 6.22. The number of nitrogens with one attached hydrogen (secondary N) is 1. The number of carbonyl (C=O) groups is 1. The van der Waals surface area contributed by atoms with E-state index in [2.05, 4.69) is 15.4 Å². The zero-order valence-corrected chi connectivity index (χ0v) is 11.3. The Morgan fingerprint density at radius 2 is 2.11 bits per heavy atom. The summed E-state index contributed by atoms with van der Waals surface area (Å²) >= 11 is 0. The first kappa shape index (κ1) is 15.0. The molecule has 1 aromatic rings. The van der Waals surface area contributed by atoms with Crippen LogP contribution < -0.4 is 10.1 Å². The summed E-state index contributed by atoms with van der Waals surface area (Å²) in [5, 5.41) is 2.46. The summed E-state index contributed by atoms with van der Waals surface area (Å²) in [6.07, 6.45) is 5.02. The number of rotatable bonds is 5. The van der Waals surface area contributed by atoms with Crippen LogP contribution in [0.15, 0.2) is 23.1 Å². The van der Waals surface area contributed by atoms with Gasteiger partial charge in [0.15, 0.2) is 0 Å². The molecule has 0 aliphatic rings. The van der Waals surface area contributed by atoms with Gasteiger partial charge in [0.05, 0.1) is 20.8 Å². The minimum Gasteiger partial charge on any atom is -0.495 e. The van der Waals surface area contributed by atoms with Crippen molar-refractivity contribution in [2.24, 2.45) is 0 Å². The van der Waals surface area contributed by atoms with Crippen LogP contribution >= 0.6 is 0 Å². The maximum atomic E-state index is 11.7. The van der Waals surface area contributed by atoms with E-state index in [1.807, 2.05) is 0 Å². The van der Waals surface area contributed by atoms with Crippen LogP contribution in [0.3, 0.4) is 0 Å². The lowest BCUT2D eigenvalue weighted by atomic mass is 10.2. The number of methoxy groups -OCH3 is 1. The quantitative estimate of drug-likeness (QED) is 0.624. The predicted molar refractivity (Wildman–Crippen MR) is 68.4 cm³/mol. The maximum absolute atomic E-state index is 11.7. The summed E-state index contributed by atoms with van der Waals surface area (Å²) < 4.78 is 32.6. The van der Waals surface area contributed by atoms with Gasteiger partial charge in [-0.05, 0) is 18.2 Å². The SMILES string of the molecule is C#CCNC(=O)c1ccc(S(=O)(=O)OC)c(OC)c1. The van der Waals surface area contributed by atoms with Crippen LogP contribution in [0.4, 0.5) is 0 Å². The number of amides is 1. The third kappa shape index (κ3) is 3.47. The monoisotopic (exact) mass is 283 g/mol. The third-order valence-corrected chi connectivity index (χ3v) is 3.58. The average Bonchev–Trinajstić information content (AvgIpc) is 2.43. The lowest BCUT2D eigenvalue weighted by Gasteiger charge is -2.09. The number of benzene rings is 1. The van der Waals surface area contributed by atoms with E-state index in [0.29, 0.717) is 0 Å². The van der Waals surface area contributed by atoms with E-state index in [0.717, 1.165) is 7.11 Å². The zero-order chi connectivity index (χ0) is 14.5. The van der Waals surface area contributed by atoms with Gasteiger partial charge in [-0.3, -0.25) is 8.98 Å². The molecule has 0 aliphatic carbocycles. The molecule has 6 nitrogen and oxygen atoms in total. The highest BCUT2D eigenvalue weighted by Gasteiger charge is 2.20. The molecule has 0 spiro atoms. The van der Waals surface area contributed by atoms with Crippen molar-refractivity contribution in [1.29, 1.82) is 0 Å². The maximum Gasteiger partial charge on any atom is 0.300 e. The highest BCUT2D eigenvalue weighted by Crippen LogP contribution is 2.26. The van der Waals surface area contributed by atoms with E-state index >= 15 is 0 Å². The van der Waals surface area contributed by atoms with E-state index in [9.17, 15) is 13.2 Å². The summed E-state index contributed by atoms with van der Waals surface area (Å²) in [6.45, 7) is 0.0826. The molecule has 7 heteroatoms. The minimum atomic E-state index is -3.89. The molecule has 0 saturated carbocycles. The Balaban J connectivity index is 3.17. The van der Waals surface area contributed by atoms with E-state index in [1.54, 1.807) is 0 Å². The fraction of sp³-hybridized carbons (Fsp3) is 0.250. The molecule has 0 aromatic heterocycles. The number of hydrogen-bond acceptors (Lipinski definition) is 5. The van der Waals surface area contributed by atoms with Gasteiger partial charge in [0.1, 0.15) is 10.6 Å². The third-order valence-electron chi connectivity index (χ3n) is 2.27. The molecule has 0 atom stereocenters. The van der Waals surface area contributed by atoms with Crippen molar-refractivity contribution in [3.63, 3.8) is 0 Å². The highest BCUT2D eigenvalue weighted by molar-refractivity contribution is 7.86. The Hall–Kier alpha value is -2.04. The smallest absolute Gasteiger partial charge is 0.300 e. The van der Waals surface area contributed by atoms with Crippen LogP contribution in [0.2, 0.25) is 0 Å². The van der Waals surface area contributed by atoms with Gasteiger partial charge in [0.25, 0.3) is 16.0 Å². The van der Waals surface area contributed by atoms with Crippen molar-refractivity contribution in [1.82, 2.24) is 5.32 Å². The molecule has 1 amide bonds. The van der Waals surface area contributed by atoms with Crippen LogP contribution in [-0.2, 0) is 14.3 Å². The first-order valence-corrected chi connectivity index (χ1v) is 6.57. The number of hydrogen-bond donors (Lipinski definition) is 1. The summed E-state index contributed by atoms with van der Waals surface area (Å²) in [6, 6.07) is 3.89. The molecular formula is C12H13NO5S. The number of terminal acetylenes is 1. The molecule has 1 aromatic carbocycles.